The minimum atomic E-state index is -4.73. The molecule has 7 heteroatoms. The van der Waals surface area contributed by atoms with Crippen molar-refractivity contribution >= 4 is 17.6 Å². The molecule has 1 aromatic carbocycles. The van der Waals surface area contributed by atoms with Gasteiger partial charge in [0.15, 0.2) is 0 Å². The number of alkyl halides is 3. The van der Waals surface area contributed by atoms with E-state index in [4.69, 9.17) is 11.6 Å². The average Bonchev–Trinajstić information content (AvgIpc) is 2.14. The second-order valence-electron chi connectivity index (χ2n) is 2.90. The van der Waals surface area contributed by atoms with Crippen molar-refractivity contribution in [2.75, 3.05) is 0 Å². The third-order valence-corrected chi connectivity index (χ3v) is 2.02. The second-order valence-corrected chi connectivity index (χ2v) is 3.30. The first-order chi connectivity index (χ1) is 7.38. The van der Waals surface area contributed by atoms with Crippen LogP contribution in [0.2, 0.25) is 5.02 Å². The number of urea groups is 1. The zero-order valence-corrected chi connectivity index (χ0v) is 8.69. The number of rotatable bonds is 2. The molecule has 88 valence electrons. The normalized spacial score (nSPS) is 11.0. The lowest BCUT2D eigenvalue weighted by Gasteiger charge is -2.10. The van der Waals surface area contributed by atoms with Gasteiger partial charge in [0, 0.05) is 11.6 Å². The van der Waals surface area contributed by atoms with Gasteiger partial charge in [0.25, 0.3) is 0 Å². The molecule has 0 bridgehead atoms. The van der Waals surface area contributed by atoms with E-state index in [1.807, 2.05) is 5.32 Å². The number of benzene rings is 1. The molecule has 2 N–H and O–H groups in total. The first-order valence-corrected chi connectivity index (χ1v) is 4.62. The van der Waals surface area contributed by atoms with Crippen molar-refractivity contribution in [1.82, 2.24) is 10.6 Å². The Morgan fingerprint density at radius 1 is 1.31 bits per heavy atom. The molecule has 0 aliphatic rings. The molecule has 0 atom stereocenters. The van der Waals surface area contributed by atoms with E-state index in [2.05, 4.69) is 0 Å². The maximum atomic E-state index is 11.7. The first kappa shape index (κ1) is 12.6. The SMILES string of the molecule is O=C(NCc1ccccc1Cl)NC(F)(F)F. The summed E-state index contributed by atoms with van der Waals surface area (Å²) in [5.74, 6) is 0. The molecular weight excluding hydrogens is 245 g/mol. The van der Waals surface area contributed by atoms with E-state index in [1.165, 1.54) is 0 Å². The largest absolute Gasteiger partial charge is 0.485 e. The van der Waals surface area contributed by atoms with E-state index in [0.717, 1.165) is 5.32 Å². The summed E-state index contributed by atoms with van der Waals surface area (Å²) in [7, 11) is 0. The van der Waals surface area contributed by atoms with E-state index >= 15 is 0 Å². The Morgan fingerprint density at radius 2 is 1.94 bits per heavy atom. The number of carbonyl (C=O) groups is 1. The van der Waals surface area contributed by atoms with Crippen LogP contribution in [0.15, 0.2) is 24.3 Å². The van der Waals surface area contributed by atoms with Crippen molar-refractivity contribution in [1.29, 1.82) is 0 Å². The maximum Gasteiger partial charge on any atom is 0.485 e. The number of hydrogen-bond donors (Lipinski definition) is 2. The predicted molar refractivity (Wildman–Crippen MR) is 52.9 cm³/mol. The summed E-state index contributed by atoms with van der Waals surface area (Å²) in [6, 6.07) is 5.23. The average molecular weight is 253 g/mol. The Labute approximate surface area is 94.6 Å². The van der Waals surface area contributed by atoms with E-state index < -0.39 is 12.3 Å². The second kappa shape index (κ2) is 5.07. The Hall–Kier alpha value is -1.43. The maximum absolute atomic E-state index is 11.7. The van der Waals surface area contributed by atoms with Crippen molar-refractivity contribution in [2.24, 2.45) is 0 Å². The van der Waals surface area contributed by atoms with Crippen LogP contribution in [0.4, 0.5) is 18.0 Å². The smallest absolute Gasteiger partial charge is 0.334 e. The molecule has 0 saturated carbocycles. The predicted octanol–water partition coefficient (Wildman–Crippen LogP) is 2.66. The van der Waals surface area contributed by atoms with Crippen LogP contribution in [0, 0.1) is 0 Å². The van der Waals surface area contributed by atoms with Gasteiger partial charge in [-0.15, -0.1) is 0 Å². The van der Waals surface area contributed by atoms with Gasteiger partial charge in [0.05, 0.1) is 0 Å². The molecule has 0 fully saturated rings. The molecule has 0 saturated heterocycles. The van der Waals surface area contributed by atoms with Crippen LogP contribution in [0.3, 0.4) is 0 Å². The first-order valence-electron chi connectivity index (χ1n) is 4.24. The highest BCUT2D eigenvalue weighted by atomic mass is 35.5. The Balaban J connectivity index is 2.47. The summed E-state index contributed by atoms with van der Waals surface area (Å²) < 4.78 is 35.1. The van der Waals surface area contributed by atoms with Crippen LogP contribution in [0.25, 0.3) is 0 Å². The third kappa shape index (κ3) is 4.39. The number of nitrogens with one attached hydrogen (secondary N) is 2. The van der Waals surface area contributed by atoms with E-state index in [9.17, 15) is 18.0 Å². The summed E-state index contributed by atoms with van der Waals surface area (Å²) in [5, 5.41) is 3.24. The number of halogens is 4. The fourth-order valence-corrected chi connectivity index (χ4v) is 1.19. The van der Waals surface area contributed by atoms with Crippen LogP contribution in [0.1, 0.15) is 5.56 Å². The van der Waals surface area contributed by atoms with Gasteiger partial charge in [-0.1, -0.05) is 29.8 Å². The molecule has 0 aliphatic heterocycles. The highest BCUT2D eigenvalue weighted by molar-refractivity contribution is 6.31. The summed E-state index contributed by atoms with van der Waals surface area (Å²) in [4.78, 5) is 10.8. The Morgan fingerprint density at radius 3 is 2.50 bits per heavy atom. The van der Waals surface area contributed by atoms with Gasteiger partial charge < -0.3 is 5.32 Å². The van der Waals surface area contributed by atoms with Crippen molar-refractivity contribution in [2.45, 2.75) is 12.8 Å². The molecule has 1 rings (SSSR count). The summed E-state index contributed by atoms with van der Waals surface area (Å²) in [5.41, 5.74) is 0.543. The molecule has 16 heavy (non-hydrogen) atoms. The van der Waals surface area contributed by atoms with Crippen LogP contribution in [-0.4, -0.2) is 12.3 Å². The Bertz CT molecular complexity index is 381. The van der Waals surface area contributed by atoms with E-state index in [-0.39, 0.29) is 6.54 Å². The van der Waals surface area contributed by atoms with Gasteiger partial charge in [0.2, 0.25) is 0 Å². The number of hydrogen-bond acceptors (Lipinski definition) is 1. The van der Waals surface area contributed by atoms with Gasteiger partial charge in [-0.05, 0) is 11.6 Å². The lowest BCUT2D eigenvalue weighted by molar-refractivity contribution is -0.145. The molecule has 0 radical (unpaired) electrons. The lowest BCUT2D eigenvalue weighted by atomic mass is 10.2. The van der Waals surface area contributed by atoms with E-state index in [1.54, 1.807) is 24.3 Å². The van der Waals surface area contributed by atoms with Gasteiger partial charge in [-0.25, -0.2) is 10.1 Å². The van der Waals surface area contributed by atoms with Crippen molar-refractivity contribution in [3.63, 3.8) is 0 Å². The molecule has 0 aromatic heterocycles. The quantitative estimate of drug-likeness (QED) is 0.781. The molecular formula is C9H8ClF3N2O. The molecule has 0 heterocycles. The van der Waals surface area contributed by atoms with Crippen molar-refractivity contribution in [3.8, 4) is 0 Å². The van der Waals surface area contributed by atoms with Gasteiger partial charge in [-0.2, -0.15) is 13.2 Å². The molecule has 0 aliphatic carbocycles. The van der Waals surface area contributed by atoms with Crippen LogP contribution >= 0.6 is 11.6 Å². The number of amides is 2. The molecule has 0 unspecified atom stereocenters. The highest BCUT2D eigenvalue weighted by Gasteiger charge is 2.29. The minimum absolute atomic E-state index is 0.0679. The fourth-order valence-electron chi connectivity index (χ4n) is 0.990. The monoisotopic (exact) mass is 252 g/mol. The summed E-state index contributed by atoms with van der Waals surface area (Å²) >= 11 is 5.75. The van der Waals surface area contributed by atoms with Crippen LogP contribution in [0.5, 0.6) is 0 Å². The van der Waals surface area contributed by atoms with Crippen molar-refractivity contribution < 1.29 is 18.0 Å². The fraction of sp³-hybridized carbons (Fsp3) is 0.222. The molecule has 1 aromatic rings. The standard InChI is InChI=1S/C9H8ClF3N2O/c10-7-4-2-1-3-6(7)5-14-8(16)15-9(11,12)13/h1-4H,5H2,(H2,14,15,16). The third-order valence-electron chi connectivity index (χ3n) is 1.65. The van der Waals surface area contributed by atoms with Gasteiger partial charge in [0.1, 0.15) is 0 Å². The zero-order valence-electron chi connectivity index (χ0n) is 7.94. The van der Waals surface area contributed by atoms with Gasteiger partial charge >= 0.3 is 12.3 Å². The van der Waals surface area contributed by atoms with E-state index in [0.29, 0.717) is 10.6 Å². The van der Waals surface area contributed by atoms with Crippen LogP contribution in [-0.2, 0) is 6.54 Å². The van der Waals surface area contributed by atoms with Crippen LogP contribution < -0.4 is 10.6 Å². The summed E-state index contributed by atoms with van der Waals surface area (Å²) in [6.07, 6.45) is -4.73. The zero-order chi connectivity index (χ0) is 12.2. The lowest BCUT2D eigenvalue weighted by Crippen LogP contribution is -2.43. The van der Waals surface area contributed by atoms with Crippen molar-refractivity contribution in [3.05, 3.63) is 34.9 Å². The van der Waals surface area contributed by atoms with Gasteiger partial charge in [-0.3, -0.25) is 0 Å². The Kier molecular flexibility index (Phi) is 4.00. The molecule has 0 spiro atoms. The topological polar surface area (TPSA) is 41.1 Å². The highest BCUT2D eigenvalue weighted by Crippen LogP contribution is 2.14. The molecule has 3 nitrogen and oxygen atoms in total. The molecule has 2 amide bonds. The number of carbonyl (C=O) groups excluding carboxylic acids is 1. The minimum Gasteiger partial charge on any atom is -0.334 e. The summed E-state index contributed by atoms with van der Waals surface area (Å²) in [6.45, 7) is -0.0679.